The second kappa shape index (κ2) is 12.1. The molecule has 1 atom stereocenters. The van der Waals surface area contributed by atoms with E-state index in [0.29, 0.717) is 52.7 Å². The van der Waals surface area contributed by atoms with Crippen molar-refractivity contribution in [2.24, 2.45) is 0 Å². The largest absolute Gasteiger partial charge is 0.441 e. The lowest BCUT2D eigenvalue weighted by atomic mass is 10.1. The van der Waals surface area contributed by atoms with Crippen LogP contribution in [0, 0.1) is 6.92 Å². The standard InChI is InChI=1S/C27H30Cl2N4O4/c1-17-24(31-26(37-17)19-5-7-20(8-6-19)27(35)32(2)3)13-25(34)30-14-21-16-33(10-11-36-21)15-18-4-9-22(28)23(29)12-18/h4-9,12,21H,10-11,13-16H2,1-3H3,(H,30,34)/t21-/m0/s1. The topological polar surface area (TPSA) is 87.9 Å². The minimum absolute atomic E-state index is 0.0769. The third kappa shape index (κ3) is 7.11. The van der Waals surface area contributed by atoms with Gasteiger partial charge in [0.2, 0.25) is 11.8 Å². The number of benzene rings is 2. The molecule has 8 nitrogen and oxygen atoms in total. The molecule has 0 aliphatic carbocycles. The van der Waals surface area contributed by atoms with Crippen LogP contribution in [-0.2, 0) is 22.5 Å². The average Bonchev–Trinajstić information content (AvgIpc) is 3.24. The van der Waals surface area contributed by atoms with Gasteiger partial charge in [-0.05, 0) is 48.9 Å². The van der Waals surface area contributed by atoms with E-state index >= 15 is 0 Å². The Morgan fingerprint density at radius 3 is 2.59 bits per heavy atom. The number of oxazole rings is 1. The van der Waals surface area contributed by atoms with Gasteiger partial charge in [-0.15, -0.1) is 0 Å². The summed E-state index contributed by atoms with van der Waals surface area (Å²) in [6.07, 6.45) is -0.00971. The summed E-state index contributed by atoms with van der Waals surface area (Å²) < 4.78 is 11.6. The maximum atomic E-state index is 12.6. The molecule has 3 aromatic rings. The molecule has 0 radical (unpaired) electrons. The third-order valence-corrected chi connectivity index (χ3v) is 6.88. The van der Waals surface area contributed by atoms with Crippen LogP contribution < -0.4 is 5.32 Å². The summed E-state index contributed by atoms with van der Waals surface area (Å²) in [6, 6.07) is 12.7. The molecule has 0 unspecified atom stereocenters. The van der Waals surface area contributed by atoms with E-state index in [0.717, 1.165) is 24.2 Å². The lowest BCUT2D eigenvalue weighted by Crippen LogP contribution is -2.47. The second-order valence-electron chi connectivity index (χ2n) is 9.26. The highest BCUT2D eigenvalue weighted by molar-refractivity contribution is 6.42. The van der Waals surface area contributed by atoms with E-state index in [9.17, 15) is 9.59 Å². The molecule has 1 aliphatic rings. The van der Waals surface area contributed by atoms with E-state index in [1.54, 1.807) is 51.4 Å². The smallest absolute Gasteiger partial charge is 0.253 e. The van der Waals surface area contributed by atoms with Crippen molar-refractivity contribution in [1.82, 2.24) is 20.1 Å². The van der Waals surface area contributed by atoms with Gasteiger partial charge in [0.05, 0.1) is 34.9 Å². The van der Waals surface area contributed by atoms with Crippen LogP contribution in [0.3, 0.4) is 0 Å². The van der Waals surface area contributed by atoms with Crippen LogP contribution in [0.1, 0.15) is 27.4 Å². The Morgan fingerprint density at radius 1 is 1.14 bits per heavy atom. The zero-order valence-corrected chi connectivity index (χ0v) is 22.6. The summed E-state index contributed by atoms with van der Waals surface area (Å²) in [5.74, 6) is 0.769. The van der Waals surface area contributed by atoms with E-state index in [1.165, 1.54) is 4.90 Å². The van der Waals surface area contributed by atoms with Crippen LogP contribution in [-0.4, -0.2) is 73.0 Å². The van der Waals surface area contributed by atoms with Crippen molar-refractivity contribution in [3.8, 4) is 11.5 Å². The van der Waals surface area contributed by atoms with Gasteiger partial charge in [-0.2, -0.15) is 0 Å². The number of amides is 2. The molecule has 1 fully saturated rings. The molecule has 4 rings (SSSR count). The molecule has 196 valence electrons. The molecule has 1 aromatic heterocycles. The number of hydrogen-bond donors (Lipinski definition) is 1. The van der Waals surface area contributed by atoms with Crippen LogP contribution in [0.5, 0.6) is 0 Å². The zero-order chi connectivity index (χ0) is 26.5. The number of morpholine rings is 1. The predicted octanol–water partition coefficient (Wildman–Crippen LogP) is 4.22. The fourth-order valence-corrected chi connectivity index (χ4v) is 4.44. The minimum Gasteiger partial charge on any atom is -0.441 e. The molecule has 2 aromatic carbocycles. The maximum absolute atomic E-state index is 12.6. The average molecular weight is 545 g/mol. The number of rotatable bonds is 8. The van der Waals surface area contributed by atoms with Crippen molar-refractivity contribution in [2.75, 3.05) is 40.3 Å². The second-order valence-corrected chi connectivity index (χ2v) is 10.1. The van der Waals surface area contributed by atoms with Gasteiger partial charge in [0.1, 0.15) is 5.76 Å². The zero-order valence-electron chi connectivity index (χ0n) is 21.1. The summed E-state index contributed by atoms with van der Waals surface area (Å²) in [6.45, 7) is 5.01. The number of carbonyl (C=O) groups excluding carboxylic acids is 2. The summed E-state index contributed by atoms with van der Waals surface area (Å²) in [5, 5.41) is 4.04. The first-order valence-electron chi connectivity index (χ1n) is 12.0. The van der Waals surface area contributed by atoms with Crippen LogP contribution in [0.4, 0.5) is 0 Å². The number of nitrogens with one attached hydrogen (secondary N) is 1. The summed E-state index contributed by atoms with van der Waals surface area (Å²) in [5.41, 5.74) is 2.97. The fourth-order valence-electron chi connectivity index (χ4n) is 4.12. The van der Waals surface area contributed by atoms with E-state index in [4.69, 9.17) is 32.4 Å². The van der Waals surface area contributed by atoms with Gasteiger partial charge in [0.15, 0.2) is 0 Å². The van der Waals surface area contributed by atoms with Crippen molar-refractivity contribution in [3.63, 3.8) is 0 Å². The summed E-state index contributed by atoms with van der Waals surface area (Å²) in [4.78, 5) is 33.0. The molecular formula is C27H30Cl2N4O4. The van der Waals surface area contributed by atoms with Crippen LogP contribution in [0.25, 0.3) is 11.5 Å². The normalized spacial score (nSPS) is 16.0. The highest BCUT2D eigenvalue weighted by Crippen LogP contribution is 2.24. The quantitative estimate of drug-likeness (QED) is 0.456. The van der Waals surface area contributed by atoms with E-state index in [1.807, 2.05) is 12.1 Å². The Bertz CT molecular complexity index is 1260. The lowest BCUT2D eigenvalue weighted by molar-refractivity contribution is -0.121. The molecule has 0 bridgehead atoms. The first kappa shape index (κ1) is 27.1. The number of hydrogen-bond acceptors (Lipinski definition) is 6. The number of halogens is 2. The van der Waals surface area contributed by atoms with Crippen LogP contribution in [0.15, 0.2) is 46.9 Å². The molecule has 2 amide bonds. The SMILES string of the molecule is Cc1oc(-c2ccc(C(=O)N(C)C)cc2)nc1CC(=O)NC[C@H]1CN(Cc2ccc(Cl)c(Cl)c2)CCO1. The Labute approximate surface area is 226 Å². The van der Waals surface area contributed by atoms with Gasteiger partial charge in [-0.1, -0.05) is 29.3 Å². The van der Waals surface area contributed by atoms with Crippen molar-refractivity contribution < 1.29 is 18.7 Å². The van der Waals surface area contributed by atoms with Crippen LogP contribution >= 0.6 is 23.2 Å². The molecule has 1 N–H and O–H groups in total. The van der Waals surface area contributed by atoms with Gasteiger partial charge in [-0.3, -0.25) is 14.5 Å². The first-order valence-corrected chi connectivity index (χ1v) is 12.8. The first-order chi connectivity index (χ1) is 17.7. The Morgan fingerprint density at radius 2 is 1.89 bits per heavy atom. The number of ether oxygens (including phenoxy) is 1. The molecule has 0 spiro atoms. The molecule has 1 aliphatic heterocycles. The molecular weight excluding hydrogens is 515 g/mol. The Kier molecular flexibility index (Phi) is 8.87. The van der Waals surface area contributed by atoms with Gasteiger partial charge >= 0.3 is 0 Å². The molecule has 10 heteroatoms. The molecule has 0 saturated carbocycles. The van der Waals surface area contributed by atoms with E-state index < -0.39 is 0 Å². The van der Waals surface area contributed by atoms with Crippen molar-refractivity contribution in [2.45, 2.75) is 26.0 Å². The maximum Gasteiger partial charge on any atom is 0.253 e. The summed E-state index contributed by atoms with van der Waals surface area (Å²) >= 11 is 12.2. The Balaban J connectivity index is 1.29. The number of aryl methyl sites for hydroxylation is 1. The predicted molar refractivity (Wildman–Crippen MR) is 143 cm³/mol. The summed E-state index contributed by atoms with van der Waals surface area (Å²) in [7, 11) is 3.42. The number of aromatic nitrogens is 1. The van der Waals surface area contributed by atoms with Crippen LogP contribution in [0.2, 0.25) is 10.0 Å². The minimum atomic E-state index is -0.153. The molecule has 37 heavy (non-hydrogen) atoms. The van der Waals surface area contributed by atoms with E-state index in [-0.39, 0.29) is 24.3 Å². The van der Waals surface area contributed by atoms with Crippen molar-refractivity contribution >= 4 is 35.0 Å². The number of carbonyl (C=O) groups is 2. The Hall–Kier alpha value is -2.91. The highest BCUT2D eigenvalue weighted by atomic mass is 35.5. The van der Waals surface area contributed by atoms with Gasteiger partial charge in [-0.25, -0.2) is 4.98 Å². The lowest BCUT2D eigenvalue weighted by Gasteiger charge is -2.33. The highest BCUT2D eigenvalue weighted by Gasteiger charge is 2.22. The number of nitrogens with zero attached hydrogens (tertiary/aromatic N) is 3. The van der Waals surface area contributed by atoms with Gasteiger partial charge in [0, 0.05) is 51.4 Å². The van der Waals surface area contributed by atoms with Gasteiger partial charge < -0.3 is 19.4 Å². The van der Waals surface area contributed by atoms with Gasteiger partial charge in [0.25, 0.3) is 5.91 Å². The van der Waals surface area contributed by atoms with E-state index in [2.05, 4.69) is 15.2 Å². The van der Waals surface area contributed by atoms with Crippen molar-refractivity contribution in [3.05, 3.63) is 75.1 Å². The monoisotopic (exact) mass is 544 g/mol. The third-order valence-electron chi connectivity index (χ3n) is 6.15. The molecule has 2 heterocycles. The fraction of sp³-hybridized carbons (Fsp3) is 0.370. The molecule has 1 saturated heterocycles. The van der Waals surface area contributed by atoms with Crippen molar-refractivity contribution in [1.29, 1.82) is 0 Å².